The van der Waals surface area contributed by atoms with E-state index in [0.29, 0.717) is 18.8 Å². The van der Waals surface area contributed by atoms with Gasteiger partial charge in [-0.05, 0) is 47.0 Å². The predicted molar refractivity (Wildman–Crippen MR) is 96.0 cm³/mol. The molecule has 3 amide bonds. The van der Waals surface area contributed by atoms with Crippen LogP contribution in [0.1, 0.15) is 23.3 Å². The molecule has 0 bridgehead atoms. The normalized spacial score (nSPS) is 15.1. The molecular formula is C17H19BrN4O2. The van der Waals surface area contributed by atoms with Crippen LogP contribution in [-0.4, -0.2) is 41.0 Å². The second kappa shape index (κ2) is 7.53. The largest absolute Gasteiger partial charge is 0.356 e. The molecule has 1 saturated heterocycles. The summed E-state index contributed by atoms with van der Waals surface area (Å²) in [5.41, 5.74) is 1.34. The molecule has 1 fully saturated rings. The highest BCUT2D eigenvalue weighted by molar-refractivity contribution is 9.10. The maximum Gasteiger partial charge on any atom is 0.319 e. The Labute approximate surface area is 148 Å². The van der Waals surface area contributed by atoms with Crippen molar-refractivity contribution >= 4 is 33.6 Å². The molecule has 0 unspecified atom stereocenters. The van der Waals surface area contributed by atoms with Gasteiger partial charge in [0.2, 0.25) is 0 Å². The molecular weight excluding hydrogens is 372 g/mol. The van der Waals surface area contributed by atoms with Crippen LogP contribution in [0.3, 0.4) is 0 Å². The molecule has 7 heteroatoms. The minimum atomic E-state index is -0.209. The average molecular weight is 391 g/mol. The molecule has 2 heterocycles. The maximum absolute atomic E-state index is 12.4. The quantitative estimate of drug-likeness (QED) is 0.752. The van der Waals surface area contributed by atoms with E-state index >= 15 is 0 Å². The lowest BCUT2D eigenvalue weighted by atomic mass is 10.0. The van der Waals surface area contributed by atoms with Crippen molar-refractivity contribution < 1.29 is 9.59 Å². The number of urea groups is 1. The lowest BCUT2D eigenvalue weighted by Crippen LogP contribution is -2.47. The number of hydrogen-bond donors (Lipinski definition) is 3. The summed E-state index contributed by atoms with van der Waals surface area (Å²) in [6, 6.07) is 11.0. The van der Waals surface area contributed by atoms with E-state index < -0.39 is 0 Å². The zero-order valence-corrected chi connectivity index (χ0v) is 14.7. The van der Waals surface area contributed by atoms with Crippen LogP contribution in [0, 0.1) is 0 Å². The van der Waals surface area contributed by atoms with Gasteiger partial charge in [0.25, 0.3) is 5.91 Å². The van der Waals surface area contributed by atoms with Crippen molar-refractivity contribution in [3.05, 3.63) is 52.8 Å². The molecule has 2 aromatic rings. The number of aromatic nitrogens is 1. The Morgan fingerprint density at radius 1 is 1.17 bits per heavy atom. The number of nitrogens with zero attached hydrogens (tertiary/aromatic N) is 1. The van der Waals surface area contributed by atoms with E-state index in [4.69, 9.17) is 0 Å². The zero-order chi connectivity index (χ0) is 16.9. The first kappa shape index (κ1) is 16.6. The third-order valence-corrected chi connectivity index (χ3v) is 4.49. The molecule has 1 aliphatic rings. The number of likely N-dealkylation sites (tertiary alicyclic amines) is 1. The van der Waals surface area contributed by atoms with Gasteiger partial charge in [0, 0.05) is 35.5 Å². The SMILES string of the molecule is O=C(Nc1ccccc1)NC1CCN(C(=O)c2cc(Br)c[nH]2)CC1. The van der Waals surface area contributed by atoms with Crippen LogP contribution in [0.4, 0.5) is 10.5 Å². The van der Waals surface area contributed by atoms with Gasteiger partial charge in [-0.25, -0.2) is 4.79 Å². The Kier molecular flexibility index (Phi) is 5.20. The van der Waals surface area contributed by atoms with Crippen LogP contribution in [0.15, 0.2) is 47.1 Å². The van der Waals surface area contributed by atoms with Gasteiger partial charge in [-0.1, -0.05) is 18.2 Å². The number of halogens is 1. The third kappa shape index (κ3) is 4.17. The van der Waals surface area contributed by atoms with Gasteiger partial charge in [0.05, 0.1) is 0 Å². The van der Waals surface area contributed by atoms with Crippen molar-refractivity contribution in [2.45, 2.75) is 18.9 Å². The van der Waals surface area contributed by atoms with Gasteiger partial charge < -0.3 is 20.5 Å². The summed E-state index contributed by atoms with van der Waals surface area (Å²) in [4.78, 5) is 29.1. The molecule has 126 valence electrons. The number of carbonyl (C=O) groups excluding carboxylic acids is 2. The van der Waals surface area contributed by atoms with E-state index in [2.05, 4.69) is 31.5 Å². The average Bonchev–Trinajstić information content (AvgIpc) is 3.02. The summed E-state index contributed by atoms with van der Waals surface area (Å²) in [6.45, 7) is 1.26. The van der Waals surface area contributed by atoms with E-state index in [1.807, 2.05) is 35.2 Å². The minimum absolute atomic E-state index is 0.00659. The fourth-order valence-corrected chi connectivity index (χ4v) is 3.11. The van der Waals surface area contributed by atoms with E-state index in [0.717, 1.165) is 23.0 Å². The summed E-state index contributed by atoms with van der Waals surface area (Å²) in [7, 11) is 0. The highest BCUT2D eigenvalue weighted by Gasteiger charge is 2.25. The molecule has 0 radical (unpaired) electrons. The summed E-state index contributed by atoms with van der Waals surface area (Å²) < 4.78 is 0.861. The van der Waals surface area contributed by atoms with E-state index in [-0.39, 0.29) is 18.0 Å². The van der Waals surface area contributed by atoms with Gasteiger partial charge in [-0.2, -0.15) is 0 Å². The van der Waals surface area contributed by atoms with Gasteiger partial charge in [-0.15, -0.1) is 0 Å². The fourth-order valence-electron chi connectivity index (χ4n) is 2.76. The molecule has 1 aromatic heterocycles. The van der Waals surface area contributed by atoms with Crippen LogP contribution in [0.25, 0.3) is 0 Å². The first-order valence-corrected chi connectivity index (χ1v) is 8.67. The molecule has 24 heavy (non-hydrogen) atoms. The van der Waals surface area contributed by atoms with Crippen LogP contribution >= 0.6 is 15.9 Å². The molecule has 0 atom stereocenters. The highest BCUT2D eigenvalue weighted by Crippen LogP contribution is 2.16. The number of hydrogen-bond acceptors (Lipinski definition) is 2. The van der Waals surface area contributed by atoms with Crippen molar-refractivity contribution in [2.75, 3.05) is 18.4 Å². The second-order valence-electron chi connectivity index (χ2n) is 5.76. The van der Waals surface area contributed by atoms with Crippen molar-refractivity contribution in [1.29, 1.82) is 0 Å². The topological polar surface area (TPSA) is 77.2 Å². The van der Waals surface area contributed by atoms with Gasteiger partial charge in [-0.3, -0.25) is 4.79 Å². The van der Waals surface area contributed by atoms with Crippen LogP contribution in [-0.2, 0) is 0 Å². The maximum atomic E-state index is 12.4. The molecule has 0 saturated carbocycles. The Balaban J connectivity index is 1.46. The predicted octanol–water partition coefficient (Wildman–Crippen LogP) is 3.20. The summed E-state index contributed by atoms with van der Waals surface area (Å²) >= 11 is 3.33. The molecule has 1 aromatic carbocycles. The number of piperidine rings is 1. The Morgan fingerprint density at radius 2 is 1.88 bits per heavy atom. The Morgan fingerprint density at radius 3 is 2.50 bits per heavy atom. The van der Waals surface area contributed by atoms with Crippen molar-refractivity contribution in [3.8, 4) is 0 Å². The van der Waals surface area contributed by atoms with Crippen molar-refractivity contribution in [3.63, 3.8) is 0 Å². The molecule has 1 aliphatic heterocycles. The molecule has 3 N–H and O–H groups in total. The molecule has 6 nitrogen and oxygen atoms in total. The number of H-pyrrole nitrogens is 1. The van der Waals surface area contributed by atoms with Crippen LogP contribution in [0.2, 0.25) is 0 Å². The standard InChI is InChI=1S/C17H19BrN4O2/c18-12-10-15(19-11-12)16(23)22-8-6-14(7-9-22)21-17(24)20-13-4-2-1-3-5-13/h1-5,10-11,14,19H,6-9H2,(H2,20,21,24). The van der Waals surface area contributed by atoms with Crippen LogP contribution < -0.4 is 10.6 Å². The number of benzene rings is 1. The number of anilines is 1. The van der Waals surface area contributed by atoms with E-state index in [9.17, 15) is 9.59 Å². The van der Waals surface area contributed by atoms with Gasteiger partial charge >= 0.3 is 6.03 Å². The fraction of sp³-hybridized carbons (Fsp3) is 0.294. The number of aromatic amines is 1. The van der Waals surface area contributed by atoms with E-state index in [1.54, 1.807) is 12.3 Å². The first-order valence-electron chi connectivity index (χ1n) is 7.87. The number of rotatable bonds is 3. The van der Waals surface area contributed by atoms with Crippen LogP contribution in [0.5, 0.6) is 0 Å². The highest BCUT2D eigenvalue weighted by atomic mass is 79.9. The minimum Gasteiger partial charge on any atom is -0.356 e. The monoisotopic (exact) mass is 390 g/mol. The molecule has 3 rings (SSSR count). The summed E-state index contributed by atoms with van der Waals surface area (Å²) in [5.74, 6) is -0.00659. The number of carbonyl (C=O) groups is 2. The number of amides is 3. The molecule has 0 spiro atoms. The second-order valence-corrected chi connectivity index (χ2v) is 6.68. The Hall–Kier alpha value is -2.28. The van der Waals surface area contributed by atoms with Gasteiger partial charge in [0.15, 0.2) is 0 Å². The lowest BCUT2D eigenvalue weighted by molar-refractivity contribution is 0.0703. The van der Waals surface area contributed by atoms with E-state index in [1.165, 1.54) is 0 Å². The smallest absolute Gasteiger partial charge is 0.319 e. The Bertz CT molecular complexity index is 708. The third-order valence-electron chi connectivity index (χ3n) is 4.03. The van der Waals surface area contributed by atoms with Crippen molar-refractivity contribution in [1.82, 2.24) is 15.2 Å². The zero-order valence-electron chi connectivity index (χ0n) is 13.1. The number of para-hydroxylation sites is 1. The molecule has 0 aliphatic carbocycles. The number of nitrogens with one attached hydrogen (secondary N) is 3. The van der Waals surface area contributed by atoms with Gasteiger partial charge in [0.1, 0.15) is 5.69 Å². The lowest BCUT2D eigenvalue weighted by Gasteiger charge is -2.32. The first-order chi connectivity index (χ1) is 11.6. The summed E-state index contributed by atoms with van der Waals surface area (Å²) in [5, 5.41) is 5.78. The van der Waals surface area contributed by atoms with Crippen molar-refractivity contribution in [2.24, 2.45) is 0 Å². The summed E-state index contributed by atoms with van der Waals surface area (Å²) in [6.07, 6.45) is 3.24.